The lowest BCUT2D eigenvalue weighted by molar-refractivity contribution is 0.148. The highest BCUT2D eigenvalue weighted by atomic mass is 28.4. The van der Waals surface area contributed by atoms with Crippen molar-refractivity contribution in [1.29, 1.82) is 0 Å². The minimum Gasteiger partial charge on any atom is -0.491 e. The molecule has 0 radical (unpaired) electrons. The van der Waals surface area contributed by atoms with Crippen LogP contribution >= 0.6 is 0 Å². The molecular formula is C7H18O3Si2. The molecule has 0 aliphatic heterocycles. The molecule has 0 rings (SSSR count). The first kappa shape index (κ1) is 11.7. The van der Waals surface area contributed by atoms with Crippen molar-refractivity contribution < 1.29 is 13.6 Å². The maximum atomic E-state index is 11.1. The molecule has 0 aliphatic rings. The van der Waals surface area contributed by atoms with Crippen LogP contribution in [0.4, 0.5) is 4.79 Å². The highest BCUT2D eigenvalue weighted by molar-refractivity contribution is 6.73. The number of carbonyl (C=O) groups is 1. The van der Waals surface area contributed by atoms with Crippen LogP contribution in [0.5, 0.6) is 0 Å². The third kappa shape index (κ3) is 7.81. The molecule has 0 heterocycles. The zero-order valence-corrected chi connectivity index (χ0v) is 10.7. The predicted octanol–water partition coefficient (Wildman–Crippen LogP) is 2.81. The Labute approximate surface area is 76.3 Å². The van der Waals surface area contributed by atoms with Gasteiger partial charge in [0.15, 0.2) is 0 Å². The SMILES string of the molecule is C[Si](C)(C)OC(=O)O[Si](C)(C)C. The molecule has 0 aromatic carbocycles. The summed E-state index contributed by atoms with van der Waals surface area (Å²) in [5.74, 6) is 0. The molecule has 0 aromatic heterocycles. The van der Waals surface area contributed by atoms with Crippen LogP contribution in [0.15, 0.2) is 0 Å². The minimum atomic E-state index is -1.77. The van der Waals surface area contributed by atoms with Gasteiger partial charge in [0.25, 0.3) is 16.6 Å². The first-order chi connectivity index (χ1) is 5.10. The molecule has 12 heavy (non-hydrogen) atoms. The van der Waals surface area contributed by atoms with Gasteiger partial charge in [-0.1, -0.05) is 0 Å². The number of carbonyl (C=O) groups excluding carboxylic acids is 1. The van der Waals surface area contributed by atoms with Crippen molar-refractivity contribution >= 4 is 22.8 Å². The second-order valence-electron chi connectivity index (χ2n) is 4.68. The third-order valence-electron chi connectivity index (χ3n) is 0.779. The molecule has 3 nitrogen and oxygen atoms in total. The second kappa shape index (κ2) is 3.61. The summed E-state index contributed by atoms with van der Waals surface area (Å²) in [5, 5.41) is 0. The molecule has 0 unspecified atom stereocenters. The lowest BCUT2D eigenvalue weighted by atomic mass is 11.5. The van der Waals surface area contributed by atoms with Gasteiger partial charge in [-0.2, -0.15) is 0 Å². The Morgan fingerprint density at radius 3 is 1.25 bits per heavy atom. The molecule has 0 saturated carbocycles. The van der Waals surface area contributed by atoms with Crippen LogP contribution in [-0.2, 0) is 8.85 Å². The number of rotatable bonds is 2. The molecule has 0 fully saturated rings. The van der Waals surface area contributed by atoms with E-state index in [-0.39, 0.29) is 0 Å². The fraction of sp³-hybridized carbons (Fsp3) is 0.857. The van der Waals surface area contributed by atoms with E-state index in [0.29, 0.717) is 0 Å². The minimum absolute atomic E-state index is 0.492. The van der Waals surface area contributed by atoms with Crippen LogP contribution in [-0.4, -0.2) is 22.8 Å². The first-order valence-corrected chi connectivity index (χ1v) is 10.8. The predicted molar refractivity (Wildman–Crippen MR) is 54.3 cm³/mol. The van der Waals surface area contributed by atoms with Crippen molar-refractivity contribution in [3.05, 3.63) is 0 Å². The maximum Gasteiger partial charge on any atom is 0.480 e. The Hall–Kier alpha value is -0.296. The van der Waals surface area contributed by atoms with Crippen LogP contribution in [0.25, 0.3) is 0 Å². The summed E-state index contributed by atoms with van der Waals surface area (Å²) in [7, 11) is -3.54. The van der Waals surface area contributed by atoms with E-state index in [2.05, 4.69) is 0 Å². The van der Waals surface area contributed by atoms with Crippen molar-refractivity contribution in [1.82, 2.24) is 0 Å². The summed E-state index contributed by atoms with van der Waals surface area (Å²) in [6.07, 6.45) is -0.492. The Morgan fingerprint density at radius 1 is 0.833 bits per heavy atom. The van der Waals surface area contributed by atoms with Crippen molar-refractivity contribution in [2.75, 3.05) is 0 Å². The molecule has 0 amide bonds. The van der Waals surface area contributed by atoms with Gasteiger partial charge in [-0.05, 0) is 39.3 Å². The van der Waals surface area contributed by atoms with Crippen LogP contribution in [0, 0.1) is 0 Å². The molecule has 0 aromatic rings. The van der Waals surface area contributed by atoms with Gasteiger partial charge < -0.3 is 8.85 Å². The summed E-state index contributed by atoms with van der Waals surface area (Å²) in [5.41, 5.74) is 0. The van der Waals surface area contributed by atoms with E-state index in [9.17, 15) is 4.79 Å². The van der Waals surface area contributed by atoms with Gasteiger partial charge in [0, 0.05) is 0 Å². The standard InChI is InChI=1S/C7H18O3Si2/c1-11(2,3)9-7(8)10-12(4,5)6/h1-6H3. The van der Waals surface area contributed by atoms with Crippen LogP contribution in [0.3, 0.4) is 0 Å². The van der Waals surface area contributed by atoms with E-state index >= 15 is 0 Å². The highest BCUT2D eigenvalue weighted by Gasteiger charge is 2.26. The molecule has 0 saturated heterocycles. The van der Waals surface area contributed by atoms with Gasteiger partial charge >= 0.3 is 6.16 Å². The summed E-state index contributed by atoms with van der Waals surface area (Å²) < 4.78 is 10.3. The molecule has 5 heteroatoms. The van der Waals surface area contributed by atoms with Crippen LogP contribution in [0.1, 0.15) is 0 Å². The zero-order valence-electron chi connectivity index (χ0n) is 8.72. The van der Waals surface area contributed by atoms with E-state index < -0.39 is 22.8 Å². The van der Waals surface area contributed by atoms with Crippen molar-refractivity contribution in [3.63, 3.8) is 0 Å². The van der Waals surface area contributed by atoms with Crippen LogP contribution < -0.4 is 0 Å². The lowest BCUT2D eigenvalue weighted by Gasteiger charge is -2.22. The topological polar surface area (TPSA) is 35.5 Å². The third-order valence-corrected chi connectivity index (χ3v) is 2.34. The van der Waals surface area contributed by atoms with Gasteiger partial charge in [-0.15, -0.1) is 0 Å². The van der Waals surface area contributed by atoms with E-state index in [4.69, 9.17) is 8.85 Å². The zero-order chi connectivity index (χ0) is 9.99. The number of hydrogen-bond donors (Lipinski definition) is 0. The van der Waals surface area contributed by atoms with E-state index in [0.717, 1.165) is 0 Å². The summed E-state index contributed by atoms with van der Waals surface area (Å²) >= 11 is 0. The maximum absolute atomic E-state index is 11.1. The average Bonchev–Trinajstić information content (AvgIpc) is 1.49. The van der Waals surface area contributed by atoms with E-state index in [1.807, 2.05) is 39.3 Å². The van der Waals surface area contributed by atoms with Crippen molar-refractivity contribution in [3.8, 4) is 0 Å². The Morgan fingerprint density at radius 2 is 1.08 bits per heavy atom. The van der Waals surface area contributed by atoms with Gasteiger partial charge in [-0.25, -0.2) is 4.79 Å². The van der Waals surface area contributed by atoms with Gasteiger partial charge in [0.1, 0.15) is 0 Å². The van der Waals surface area contributed by atoms with Gasteiger partial charge in [0.2, 0.25) is 0 Å². The van der Waals surface area contributed by atoms with Gasteiger partial charge in [-0.3, -0.25) is 0 Å². The summed E-state index contributed by atoms with van der Waals surface area (Å²) in [6, 6.07) is 0. The van der Waals surface area contributed by atoms with E-state index in [1.165, 1.54) is 0 Å². The smallest absolute Gasteiger partial charge is 0.480 e. The molecule has 0 aliphatic carbocycles. The molecular weight excluding hydrogens is 188 g/mol. The average molecular weight is 206 g/mol. The lowest BCUT2D eigenvalue weighted by Crippen LogP contribution is -2.35. The van der Waals surface area contributed by atoms with Crippen molar-refractivity contribution in [2.24, 2.45) is 0 Å². The molecule has 0 spiro atoms. The Bertz CT molecular complexity index is 148. The van der Waals surface area contributed by atoms with Gasteiger partial charge in [0.05, 0.1) is 0 Å². The van der Waals surface area contributed by atoms with Crippen molar-refractivity contribution in [2.45, 2.75) is 39.3 Å². The first-order valence-electron chi connectivity index (χ1n) is 4.02. The monoisotopic (exact) mass is 206 g/mol. The summed E-state index contributed by atoms with van der Waals surface area (Å²) in [4.78, 5) is 11.1. The fourth-order valence-electron chi connectivity index (χ4n) is 0.521. The molecule has 72 valence electrons. The Balaban J connectivity index is 3.92. The largest absolute Gasteiger partial charge is 0.491 e. The Kier molecular flexibility index (Phi) is 3.52. The summed E-state index contributed by atoms with van der Waals surface area (Å²) in [6.45, 7) is 11.7. The second-order valence-corrected chi connectivity index (χ2v) is 13.5. The molecule has 0 atom stereocenters. The molecule has 0 N–H and O–H groups in total. The normalized spacial score (nSPS) is 12.5. The molecule has 0 bridgehead atoms. The van der Waals surface area contributed by atoms with E-state index in [1.54, 1.807) is 0 Å². The quantitative estimate of drug-likeness (QED) is 0.652. The number of hydrogen-bond acceptors (Lipinski definition) is 3. The van der Waals surface area contributed by atoms with Crippen LogP contribution in [0.2, 0.25) is 39.3 Å². The highest BCUT2D eigenvalue weighted by Crippen LogP contribution is 2.09. The fourth-order valence-corrected chi connectivity index (χ4v) is 1.69.